The van der Waals surface area contributed by atoms with E-state index in [9.17, 15) is 5.11 Å². The maximum absolute atomic E-state index is 9.71. The molecule has 2 N–H and O–H groups in total. The molecule has 1 aromatic heterocycles. The molecule has 0 saturated carbocycles. The largest absolute Gasteiger partial charge is 0.495 e. The summed E-state index contributed by atoms with van der Waals surface area (Å²) in [6.45, 7) is 8.78. The van der Waals surface area contributed by atoms with E-state index >= 15 is 0 Å². The highest BCUT2D eigenvalue weighted by Crippen LogP contribution is 2.35. The summed E-state index contributed by atoms with van der Waals surface area (Å²) in [6.07, 6.45) is 1.94. The predicted octanol–water partition coefficient (Wildman–Crippen LogP) is 4.42. The molecule has 1 fully saturated rings. The van der Waals surface area contributed by atoms with E-state index in [1.54, 1.807) is 13.2 Å². The number of anilines is 2. The van der Waals surface area contributed by atoms with Gasteiger partial charge in [-0.2, -0.15) is 0 Å². The first-order chi connectivity index (χ1) is 14.6. The Morgan fingerprint density at radius 3 is 2.87 bits per heavy atom. The number of aliphatic hydroxyl groups excluding tert-OH is 1. The Hall–Kier alpha value is -3.08. The highest BCUT2D eigenvalue weighted by atomic mass is 35.5. The van der Waals surface area contributed by atoms with Gasteiger partial charge in [0.05, 0.1) is 31.4 Å². The Morgan fingerprint density at radius 1 is 1.27 bits per heavy atom. The zero-order chi connectivity index (χ0) is 21.1. The Bertz CT molecular complexity index is 1110. The molecule has 1 aliphatic rings. The molecular weight excluding hydrogens is 402 g/mol. The van der Waals surface area contributed by atoms with Gasteiger partial charge in [0.2, 0.25) is 0 Å². The fourth-order valence-corrected chi connectivity index (χ4v) is 4.13. The molecule has 30 heavy (non-hydrogen) atoms. The van der Waals surface area contributed by atoms with Crippen molar-refractivity contribution in [1.29, 1.82) is 0 Å². The van der Waals surface area contributed by atoms with Crippen molar-refractivity contribution in [2.75, 3.05) is 30.5 Å². The fourth-order valence-electron chi connectivity index (χ4n) is 3.85. The summed E-state index contributed by atoms with van der Waals surface area (Å²) >= 11 is 6.23. The van der Waals surface area contributed by atoms with Crippen molar-refractivity contribution in [2.24, 2.45) is 0 Å². The summed E-state index contributed by atoms with van der Waals surface area (Å²) in [5, 5.41) is 24.2. The van der Waals surface area contributed by atoms with Crippen LogP contribution in [0.4, 0.5) is 17.3 Å². The molecule has 0 bridgehead atoms. The normalized spacial score (nSPS) is 15.9. The molecule has 0 aliphatic carbocycles. The van der Waals surface area contributed by atoms with Crippen LogP contribution in [0.15, 0.2) is 36.4 Å². The molecule has 154 valence electrons. The summed E-state index contributed by atoms with van der Waals surface area (Å²) in [5.74, 6) is 1.97. The summed E-state index contributed by atoms with van der Waals surface area (Å²) in [6, 6.07) is 11.2. The zero-order valence-corrected chi connectivity index (χ0v) is 17.4. The first kappa shape index (κ1) is 20.2. The van der Waals surface area contributed by atoms with E-state index < -0.39 is 0 Å². The van der Waals surface area contributed by atoms with E-state index in [1.165, 1.54) is 0 Å². The van der Waals surface area contributed by atoms with Crippen LogP contribution in [0, 0.1) is 6.57 Å². The molecular formula is C22H22ClN5O2. The Kier molecular flexibility index (Phi) is 5.88. The van der Waals surface area contributed by atoms with Gasteiger partial charge in [-0.15, -0.1) is 10.2 Å². The van der Waals surface area contributed by atoms with E-state index in [-0.39, 0.29) is 12.6 Å². The van der Waals surface area contributed by atoms with E-state index in [4.69, 9.17) is 22.9 Å². The lowest BCUT2D eigenvalue weighted by Crippen LogP contribution is -2.33. The fraction of sp³-hybridized carbons (Fsp3) is 0.318. The number of methoxy groups -OCH3 is 1. The lowest BCUT2D eigenvalue weighted by molar-refractivity contribution is 0.266. The molecule has 1 atom stereocenters. The van der Waals surface area contributed by atoms with Crippen LogP contribution in [-0.2, 0) is 6.54 Å². The number of benzene rings is 2. The second-order valence-electron chi connectivity index (χ2n) is 7.21. The SMILES string of the molecule is [C-]#[N+]c1ccc2c(N3CCC[C@H]3CO)nnc(NCc3ccc(OC)c(Cl)c3)c2c1. The Morgan fingerprint density at radius 2 is 2.13 bits per heavy atom. The van der Waals surface area contributed by atoms with Crippen LogP contribution in [0.2, 0.25) is 5.02 Å². The van der Waals surface area contributed by atoms with Crippen LogP contribution in [0.5, 0.6) is 5.75 Å². The van der Waals surface area contributed by atoms with Crippen LogP contribution in [-0.4, -0.2) is 41.6 Å². The standard InChI is InChI=1S/C22H22ClN5O2/c1-24-15-6-7-17-18(11-15)21(25-12-14-5-8-20(30-2)19(23)10-14)26-27-22(17)28-9-3-4-16(28)13-29/h5-8,10-11,16,29H,3-4,9,12-13H2,2H3,(H,25,26)/t16-/m0/s1. The average molecular weight is 424 g/mol. The van der Waals surface area contributed by atoms with Gasteiger partial charge in [-0.25, -0.2) is 4.85 Å². The summed E-state index contributed by atoms with van der Waals surface area (Å²) < 4.78 is 5.20. The molecule has 3 aromatic rings. The van der Waals surface area contributed by atoms with Crippen LogP contribution in [0.25, 0.3) is 15.6 Å². The molecule has 0 radical (unpaired) electrons. The number of aromatic nitrogens is 2. The summed E-state index contributed by atoms with van der Waals surface area (Å²) in [7, 11) is 1.58. The first-order valence-electron chi connectivity index (χ1n) is 9.76. The molecule has 1 aliphatic heterocycles. The number of nitrogens with one attached hydrogen (secondary N) is 1. The minimum atomic E-state index is 0.0447. The van der Waals surface area contributed by atoms with Gasteiger partial charge < -0.3 is 20.1 Å². The number of aliphatic hydroxyl groups is 1. The van der Waals surface area contributed by atoms with E-state index in [0.29, 0.717) is 28.8 Å². The first-order valence-corrected chi connectivity index (χ1v) is 10.1. The van der Waals surface area contributed by atoms with E-state index in [2.05, 4.69) is 25.3 Å². The lowest BCUT2D eigenvalue weighted by Gasteiger charge is -2.25. The third kappa shape index (κ3) is 3.84. The molecule has 2 heterocycles. The molecule has 2 aromatic carbocycles. The third-order valence-electron chi connectivity index (χ3n) is 5.41. The number of ether oxygens (including phenoxy) is 1. The van der Waals surface area contributed by atoms with Crippen molar-refractivity contribution < 1.29 is 9.84 Å². The number of hydrogen-bond acceptors (Lipinski definition) is 6. The van der Waals surface area contributed by atoms with Gasteiger partial charge in [0.25, 0.3) is 0 Å². The maximum Gasteiger partial charge on any atom is 0.188 e. The van der Waals surface area contributed by atoms with Crippen LogP contribution < -0.4 is 15.0 Å². The smallest absolute Gasteiger partial charge is 0.188 e. The average Bonchev–Trinajstić information content (AvgIpc) is 3.25. The number of rotatable bonds is 6. The second-order valence-corrected chi connectivity index (χ2v) is 7.62. The van der Waals surface area contributed by atoms with Gasteiger partial charge in [-0.3, -0.25) is 0 Å². The molecule has 7 nitrogen and oxygen atoms in total. The Labute approximate surface area is 180 Å². The Balaban J connectivity index is 1.69. The topological polar surface area (TPSA) is 74.9 Å². The maximum atomic E-state index is 9.71. The van der Waals surface area contributed by atoms with Crippen LogP contribution in [0.3, 0.4) is 0 Å². The second kappa shape index (κ2) is 8.74. The number of hydrogen-bond donors (Lipinski definition) is 2. The highest BCUT2D eigenvalue weighted by Gasteiger charge is 2.27. The van der Waals surface area contributed by atoms with Gasteiger partial charge in [0.15, 0.2) is 17.3 Å². The van der Waals surface area contributed by atoms with Crippen LogP contribution in [0.1, 0.15) is 18.4 Å². The minimum absolute atomic E-state index is 0.0447. The quantitative estimate of drug-likeness (QED) is 0.572. The van der Waals surface area contributed by atoms with Crippen molar-refractivity contribution in [3.05, 3.63) is 58.4 Å². The molecule has 0 amide bonds. The van der Waals surface area contributed by atoms with Crippen molar-refractivity contribution in [2.45, 2.75) is 25.4 Å². The van der Waals surface area contributed by atoms with Gasteiger partial charge in [-0.1, -0.05) is 29.8 Å². The monoisotopic (exact) mass is 423 g/mol. The lowest BCUT2D eigenvalue weighted by atomic mass is 10.1. The number of halogens is 1. The molecule has 4 rings (SSSR count). The predicted molar refractivity (Wildman–Crippen MR) is 119 cm³/mol. The highest BCUT2D eigenvalue weighted by molar-refractivity contribution is 6.32. The molecule has 1 saturated heterocycles. The van der Waals surface area contributed by atoms with Crippen molar-refractivity contribution >= 4 is 39.7 Å². The molecule has 8 heteroatoms. The van der Waals surface area contributed by atoms with E-state index in [0.717, 1.165) is 41.5 Å². The van der Waals surface area contributed by atoms with Gasteiger partial charge >= 0.3 is 0 Å². The number of nitrogens with zero attached hydrogens (tertiary/aromatic N) is 4. The number of fused-ring (bicyclic) bond motifs is 1. The van der Waals surface area contributed by atoms with Gasteiger partial charge in [-0.05, 0) is 36.6 Å². The van der Waals surface area contributed by atoms with Crippen molar-refractivity contribution in [3.63, 3.8) is 0 Å². The molecule has 0 spiro atoms. The van der Waals surface area contributed by atoms with Crippen molar-refractivity contribution in [3.8, 4) is 5.75 Å². The van der Waals surface area contributed by atoms with Gasteiger partial charge in [0.1, 0.15) is 5.75 Å². The molecule has 0 unspecified atom stereocenters. The third-order valence-corrected chi connectivity index (χ3v) is 5.70. The van der Waals surface area contributed by atoms with Crippen LogP contribution >= 0.6 is 11.6 Å². The zero-order valence-electron chi connectivity index (χ0n) is 16.6. The summed E-state index contributed by atoms with van der Waals surface area (Å²) in [4.78, 5) is 5.67. The van der Waals surface area contributed by atoms with Gasteiger partial charge in [0, 0.05) is 23.9 Å². The minimum Gasteiger partial charge on any atom is -0.495 e. The summed E-state index contributed by atoms with van der Waals surface area (Å²) in [5.41, 5.74) is 1.51. The van der Waals surface area contributed by atoms with E-state index in [1.807, 2.05) is 30.3 Å². The van der Waals surface area contributed by atoms with Crippen molar-refractivity contribution in [1.82, 2.24) is 10.2 Å².